The molecule has 0 aromatic rings. The van der Waals surface area contributed by atoms with Crippen molar-refractivity contribution in [2.24, 2.45) is 0 Å². The summed E-state index contributed by atoms with van der Waals surface area (Å²) in [5.41, 5.74) is 0. The standard InChI is InChI=1S/C36H63NO3/c1-3-5-7-9-11-13-15-17-18-20-22-24-26-28-30-32-36(40)37-34(33-38)35(39)31-29-27-25-23-21-19-16-14-12-10-8-6-4-2/h5,7,11,13,17-18,21,23,29,31,34-35,38-39H,3-4,6,8-10,12,14-16,19-20,22,24-28,30,32-33H2,1-2H3,(H,37,40)/b7-5-,13-11-,18-17-,23-21+,31-29+. The molecule has 0 spiro atoms. The fourth-order valence-corrected chi connectivity index (χ4v) is 4.44. The summed E-state index contributed by atoms with van der Waals surface area (Å²) in [5, 5.41) is 22.8. The highest BCUT2D eigenvalue weighted by Gasteiger charge is 2.17. The topological polar surface area (TPSA) is 69.6 Å². The minimum Gasteiger partial charge on any atom is -0.394 e. The van der Waals surface area contributed by atoms with E-state index in [0.717, 1.165) is 64.2 Å². The molecule has 4 nitrogen and oxygen atoms in total. The van der Waals surface area contributed by atoms with Crippen LogP contribution in [0, 0.1) is 0 Å². The quantitative estimate of drug-likeness (QED) is 0.0663. The van der Waals surface area contributed by atoms with Crippen LogP contribution in [0.15, 0.2) is 60.8 Å². The van der Waals surface area contributed by atoms with Crippen LogP contribution >= 0.6 is 0 Å². The first-order valence-electron chi connectivity index (χ1n) is 16.5. The maximum absolute atomic E-state index is 12.3. The van der Waals surface area contributed by atoms with Gasteiger partial charge < -0.3 is 15.5 Å². The Morgan fingerprint density at radius 2 is 1.12 bits per heavy atom. The lowest BCUT2D eigenvalue weighted by Crippen LogP contribution is -2.45. The lowest BCUT2D eigenvalue weighted by molar-refractivity contribution is -0.123. The molecular weight excluding hydrogens is 494 g/mol. The van der Waals surface area contributed by atoms with E-state index in [9.17, 15) is 15.0 Å². The van der Waals surface area contributed by atoms with Gasteiger partial charge in [-0.15, -0.1) is 0 Å². The number of allylic oxidation sites excluding steroid dienone is 9. The van der Waals surface area contributed by atoms with Gasteiger partial charge in [0.1, 0.15) is 0 Å². The van der Waals surface area contributed by atoms with Crippen LogP contribution in [0.5, 0.6) is 0 Å². The van der Waals surface area contributed by atoms with Crippen molar-refractivity contribution in [3.63, 3.8) is 0 Å². The van der Waals surface area contributed by atoms with Crippen LogP contribution in [-0.4, -0.2) is 34.9 Å². The van der Waals surface area contributed by atoms with E-state index in [1.54, 1.807) is 6.08 Å². The van der Waals surface area contributed by atoms with E-state index in [1.165, 1.54) is 57.8 Å². The molecule has 2 atom stereocenters. The number of rotatable bonds is 28. The predicted octanol–water partition coefficient (Wildman–Crippen LogP) is 9.45. The van der Waals surface area contributed by atoms with E-state index in [-0.39, 0.29) is 12.5 Å². The number of carbonyl (C=O) groups is 1. The van der Waals surface area contributed by atoms with Crippen molar-refractivity contribution in [2.45, 2.75) is 154 Å². The van der Waals surface area contributed by atoms with Gasteiger partial charge in [0, 0.05) is 6.42 Å². The Morgan fingerprint density at radius 1 is 0.625 bits per heavy atom. The Morgan fingerprint density at radius 3 is 1.75 bits per heavy atom. The largest absolute Gasteiger partial charge is 0.394 e. The first-order chi connectivity index (χ1) is 19.7. The molecule has 0 aliphatic carbocycles. The molecule has 4 heteroatoms. The summed E-state index contributed by atoms with van der Waals surface area (Å²) in [5.74, 6) is -0.0963. The molecule has 0 saturated carbocycles. The normalized spacial score (nSPS) is 14.0. The van der Waals surface area contributed by atoms with E-state index in [0.29, 0.717) is 6.42 Å². The number of carbonyl (C=O) groups excluding carboxylic acids is 1. The molecule has 3 N–H and O–H groups in total. The van der Waals surface area contributed by atoms with Gasteiger partial charge in [-0.25, -0.2) is 0 Å². The molecular formula is C36H63NO3. The van der Waals surface area contributed by atoms with Crippen LogP contribution in [0.25, 0.3) is 0 Å². The molecule has 40 heavy (non-hydrogen) atoms. The van der Waals surface area contributed by atoms with Crippen molar-refractivity contribution in [3.05, 3.63) is 60.8 Å². The van der Waals surface area contributed by atoms with E-state index < -0.39 is 12.1 Å². The van der Waals surface area contributed by atoms with Gasteiger partial charge in [0.2, 0.25) is 5.91 Å². The number of hydrogen-bond acceptors (Lipinski definition) is 3. The molecule has 0 fully saturated rings. The third kappa shape index (κ3) is 27.6. The van der Waals surface area contributed by atoms with Crippen LogP contribution in [-0.2, 0) is 4.79 Å². The second-order valence-electron chi connectivity index (χ2n) is 10.8. The van der Waals surface area contributed by atoms with E-state index in [2.05, 4.69) is 67.8 Å². The molecule has 0 aliphatic heterocycles. The van der Waals surface area contributed by atoms with E-state index in [4.69, 9.17) is 0 Å². The fraction of sp³-hybridized carbons (Fsp3) is 0.694. The molecule has 0 heterocycles. The molecule has 230 valence electrons. The van der Waals surface area contributed by atoms with Crippen molar-refractivity contribution < 1.29 is 15.0 Å². The summed E-state index contributed by atoms with van der Waals surface area (Å²) >= 11 is 0. The third-order valence-electron chi connectivity index (χ3n) is 6.98. The van der Waals surface area contributed by atoms with Gasteiger partial charge in [0.05, 0.1) is 18.8 Å². The Balaban J connectivity index is 3.77. The zero-order chi connectivity index (χ0) is 29.4. The predicted molar refractivity (Wildman–Crippen MR) is 174 cm³/mol. The van der Waals surface area contributed by atoms with Gasteiger partial charge in [-0.2, -0.15) is 0 Å². The second-order valence-corrected chi connectivity index (χ2v) is 10.8. The van der Waals surface area contributed by atoms with Crippen molar-refractivity contribution in [1.29, 1.82) is 0 Å². The summed E-state index contributed by atoms with van der Waals surface area (Å²) in [4.78, 5) is 12.3. The average Bonchev–Trinajstić information content (AvgIpc) is 2.96. The Hall–Kier alpha value is -1.91. The van der Waals surface area contributed by atoms with Gasteiger partial charge in [0.25, 0.3) is 0 Å². The third-order valence-corrected chi connectivity index (χ3v) is 6.98. The molecule has 0 radical (unpaired) electrons. The summed E-state index contributed by atoms with van der Waals surface area (Å²) < 4.78 is 0. The maximum Gasteiger partial charge on any atom is 0.220 e. The van der Waals surface area contributed by atoms with Gasteiger partial charge >= 0.3 is 0 Å². The molecule has 0 aromatic carbocycles. The fourth-order valence-electron chi connectivity index (χ4n) is 4.44. The average molecular weight is 558 g/mol. The highest BCUT2D eigenvalue weighted by atomic mass is 16.3. The van der Waals surface area contributed by atoms with Gasteiger partial charge in [-0.3, -0.25) is 4.79 Å². The summed E-state index contributed by atoms with van der Waals surface area (Å²) in [6.45, 7) is 4.14. The summed E-state index contributed by atoms with van der Waals surface area (Å²) in [6, 6.07) is -0.647. The first kappa shape index (κ1) is 38.1. The molecule has 0 aliphatic rings. The van der Waals surface area contributed by atoms with Crippen molar-refractivity contribution in [3.8, 4) is 0 Å². The first-order valence-corrected chi connectivity index (χ1v) is 16.5. The second kappa shape index (κ2) is 31.6. The van der Waals surface area contributed by atoms with Gasteiger partial charge in [-0.1, -0.05) is 132 Å². The molecule has 1 amide bonds. The lowest BCUT2D eigenvalue weighted by Gasteiger charge is -2.19. The SMILES string of the molecule is CC/C=C\C/C=C\C/C=C\CCCCCCCC(=O)NC(CO)C(O)/C=C/CC/C=C/CCCCCCCCC. The Labute approximate surface area is 247 Å². The molecule has 0 rings (SSSR count). The van der Waals surface area contributed by atoms with Crippen LogP contribution in [0.3, 0.4) is 0 Å². The molecule has 0 aromatic heterocycles. The minimum atomic E-state index is -0.868. The highest BCUT2D eigenvalue weighted by molar-refractivity contribution is 5.76. The Bertz CT molecular complexity index is 692. The smallest absolute Gasteiger partial charge is 0.220 e. The zero-order valence-electron chi connectivity index (χ0n) is 26.1. The number of amides is 1. The van der Waals surface area contributed by atoms with Crippen LogP contribution < -0.4 is 5.32 Å². The number of nitrogens with one attached hydrogen (secondary N) is 1. The molecule has 2 unspecified atom stereocenters. The molecule has 0 bridgehead atoms. The van der Waals surface area contributed by atoms with Gasteiger partial charge in [0.15, 0.2) is 0 Å². The van der Waals surface area contributed by atoms with Crippen molar-refractivity contribution in [2.75, 3.05) is 6.61 Å². The highest BCUT2D eigenvalue weighted by Crippen LogP contribution is 2.10. The molecule has 0 saturated heterocycles. The van der Waals surface area contributed by atoms with Crippen molar-refractivity contribution in [1.82, 2.24) is 5.32 Å². The van der Waals surface area contributed by atoms with Gasteiger partial charge in [-0.05, 0) is 64.2 Å². The lowest BCUT2D eigenvalue weighted by atomic mass is 10.1. The monoisotopic (exact) mass is 557 g/mol. The maximum atomic E-state index is 12.3. The summed E-state index contributed by atoms with van der Waals surface area (Å²) in [6.07, 6.45) is 42.9. The summed E-state index contributed by atoms with van der Waals surface area (Å²) in [7, 11) is 0. The Kier molecular flexibility index (Phi) is 30.1. The van der Waals surface area contributed by atoms with E-state index in [1.807, 2.05) is 6.08 Å². The number of unbranched alkanes of at least 4 members (excludes halogenated alkanes) is 13. The number of hydrogen-bond donors (Lipinski definition) is 3. The van der Waals surface area contributed by atoms with E-state index >= 15 is 0 Å². The van der Waals surface area contributed by atoms with Crippen LogP contribution in [0.2, 0.25) is 0 Å². The van der Waals surface area contributed by atoms with Crippen LogP contribution in [0.4, 0.5) is 0 Å². The van der Waals surface area contributed by atoms with Crippen LogP contribution in [0.1, 0.15) is 142 Å². The minimum absolute atomic E-state index is 0.0963. The zero-order valence-corrected chi connectivity index (χ0v) is 26.1. The van der Waals surface area contributed by atoms with Crippen molar-refractivity contribution >= 4 is 5.91 Å². The number of aliphatic hydroxyl groups excluding tert-OH is 2. The number of aliphatic hydroxyl groups is 2.